The molecule has 0 spiro atoms. The van der Waals surface area contributed by atoms with Gasteiger partial charge in [0, 0.05) is 0 Å². The van der Waals surface area contributed by atoms with E-state index in [-0.39, 0.29) is 5.75 Å². The van der Waals surface area contributed by atoms with E-state index in [2.05, 4.69) is 33.8 Å². The first-order valence-electron chi connectivity index (χ1n) is 9.26. The molecule has 1 atom stereocenters. The Morgan fingerprint density at radius 1 is 1.32 bits per heavy atom. The van der Waals surface area contributed by atoms with Gasteiger partial charge >= 0.3 is 0 Å². The highest BCUT2D eigenvalue weighted by molar-refractivity contribution is 5.86. The molecule has 0 aliphatic carbocycles. The average Bonchev–Trinajstić information content (AvgIpc) is 2.54. The Morgan fingerprint density at radius 2 is 2.08 bits per heavy atom. The van der Waals surface area contributed by atoms with Crippen LogP contribution in [0.25, 0.3) is 6.08 Å². The van der Waals surface area contributed by atoms with E-state index in [1.54, 1.807) is 0 Å². The zero-order valence-electron chi connectivity index (χ0n) is 15.9. The minimum atomic E-state index is -0.394. The van der Waals surface area contributed by atoms with Crippen molar-refractivity contribution in [3.8, 4) is 11.5 Å². The maximum Gasteiger partial charge on any atom is 0.154 e. The van der Waals surface area contributed by atoms with Crippen LogP contribution >= 0.6 is 0 Å². The molecule has 0 aromatic heterocycles. The number of aryl methyl sites for hydroxylation is 1. The molecular weight excluding hydrogens is 312 g/mol. The van der Waals surface area contributed by atoms with Crippen LogP contribution < -0.4 is 4.74 Å². The molecule has 0 saturated carbocycles. The molecule has 0 saturated heterocycles. The van der Waals surface area contributed by atoms with E-state index in [0.717, 1.165) is 50.4 Å². The number of hydrogen-bond donors (Lipinski definition) is 1. The van der Waals surface area contributed by atoms with Crippen molar-refractivity contribution in [2.24, 2.45) is 0 Å². The van der Waals surface area contributed by atoms with Crippen molar-refractivity contribution in [3.63, 3.8) is 0 Å². The lowest BCUT2D eigenvalue weighted by Crippen LogP contribution is -2.31. The number of aromatic hydroxyl groups is 1. The molecule has 0 radical (unpaired) electrons. The van der Waals surface area contributed by atoms with Crippen molar-refractivity contribution in [2.75, 3.05) is 0 Å². The summed E-state index contributed by atoms with van der Waals surface area (Å²) >= 11 is 0. The molecule has 1 unspecified atom stereocenters. The number of ether oxygens (including phenoxy) is 1. The molecule has 1 aliphatic heterocycles. The normalized spacial score (nSPS) is 18.4. The van der Waals surface area contributed by atoms with Crippen LogP contribution in [0, 0.1) is 0 Å². The first-order valence-corrected chi connectivity index (χ1v) is 9.26. The van der Waals surface area contributed by atoms with Crippen molar-refractivity contribution in [1.29, 1.82) is 0 Å². The third kappa shape index (κ3) is 4.75. The molecule has 0 amide bonds. The van der Waals surface area contributed by atoms with Crippen molar-refractivity contribution >= 4 is 12.4 Å². The summed E-state index contributed by atoms with van der Waals surface area (Å²) in [5.41, 5.74) is 2.79. The standard InChI is InChI=1S/C22H30O3/c1-5-6-7-10-17-14-20-18(21(24)19(17)15-23)11-13-22(4,25-20)12-8-9-16(2)3/h9,11,13-15,24H,5-8,10,12H2,1-4H3. The van der Waals surface area contributed by atoms with Crippen LogP contribution in [0.4, 0.5) is 0 Å². The largest absolute Gasteiger partial charge is 0.506 e. The first-order chi connectivity index (χ1) is 11.9. The number of phenols is 1. The highest BCUT2D eigenvalue weighted by Gasteiger charge is 2.29. The maximum atomic E-state index is 11.5. The summed E-state index contributed by atoms with van der Waals surface area (Å²) in [7, 11) is 0. The number of fused-ring (bicyclic) bond motifs is 1. The number of benzene rings is 1. The number of carbonyl (C=O) groups excluding carboxylic acids is 1. The lowest BCUT2D eigenvalue weighted by molar-refractivity contribution is 0.111. The molecule has 1 aromatic carbocycles. The Hall–Kier alpha value is -2.03. The summed E-state index contributed by atoms with van der Waals surface area (Å²) in [6.45, 7) is 8.40. The summed E-state index contributed by atoms with van der Waals surface area (Å²) in [6.07, 6.45) is 12.7. The Kier molecular flexibility index (Phi) is 6.46. The molecule has 1 heterocycles. The van der Waals surface area contributed by atoms with Gasteiger partial charge in [0.2, 0.25) is 0 Å². The third-order valence-electron chi connectivity index (χ3n) is 4.73. The van der Waals surface area contributed by atoms with Crippen LogP contribution in [0.2, 0.25) is 0 Å². The third-order valence-corrected chi connectivity index (χ3v) is 4.73. The summed E-state index contributed by atoms with van der Waals surface area (Å²) in [4.78, 5) is 11.5. The van der Waals surface area contributed by atoms with Crippen molar-refractivity contribution in [3.05, 3.63) is 40.5 Å². The molecule has 2 rings (SSSR count). The Bertz CT molecular complexity index is 681. The van der Waals surface area contributed by atoms with Gasteiger partial charge in [0.05, 0.1) is 11.1 Å². The maximum absolute atomic E-state index is 11.5. The molecule has 0 fully saturated rings. The predicted molar refractivity (Wildman–Crippen MR) is 103 cm³/mol. The molecule has 1 aromatic rings. The number of hydrogen-bond acceptors (Lipinski definition) is 3. The number of carbonyl (C=O) groups is 1. The zero-order valence-corrected chi connectivity index (χ0v) is 15.9. The summed E-state index contributed by atoms with van der Waals surface area (Å²) < 4.78 is 6.24. The van der Waals surface area contributed by atoms with E-state index in [4.69, 9.17) is 4.74 Å². The quantitative estimate of drug-likeness (QED) is 0.366. The molecule has 1 N–H and O–H groups in total. The fourth-order valence-corrected chi connectivity index (χ4v) is 3.20. The number of rotatable bonds is 8. The van der Waals surface area contributed by atoms with E-state index in [0.29, 0.717) is 16.9 Å². The highest BCUT2D eigenvalue weighted by Crippen LogP contribution is 2.41. The first kappa shape index (κ1) is 19.3. The van der Waals surface area contributed by atoms with Gasteiger partial charge in [-0.25, -0.2) is 0 Å². The fraction of sp³-hybridized carbons (Fsp3) is 0.500. The van der Waals surface area contributed by atoms with Gasteiger partial charge in [0.15, 0.2) is 6.29 Å². The van der Waals surface area contributed by atoms with Crippen LogP contribution in [0.5, 0.6) is 11.5 Å². The van der Waals surface area contributed by atoms with Crippen molar-refractivity contribution in [2.45, 2.75) is 71.8 Å². The van der Waals surface area contributed by atoms with Gasteiger partial charge in [-0.3, -0.25) is 4.79 Å². The van der Waals surface area contributed by atoms with E-state index >= 15 is 0 Å². The molecule has 25 heavy (non-hydrogen) atoms. The zero-order chi connectivity index (χ0) is 18.4. The molecule has 3 heteroatoms. The monoisotopic (exact) mass is 342 g/mol. The van der Waals surface area contributed by atoms with E-state index in [1.165, 1.54) is 5.57 Å². The van der Waals surface area contributed by atoms with Crippen LogP contribution in [0.1, 0.15) is 81.3 Å². The lowest BCUT2D eigenvalue weighted by atomic mass is 9.91. The van der Waals surface area contributed by atoms with Crippen LogP contribution in [-0.4, -0.2) is 17.0 Å². The van der Waals surface area contributed by atoms with Crippen LogP contribution in [0.3, 0.4) is 0 Å². The SMILES string of the molecule is CCCCCc1cc2c(c(O)c1C=O)C=CC(C)(CCC=C(C)C)O2. The molecule has 1 aliphatic rings. The van der Waals surface area contributed by atoms with Gasteiger partial charge in [-0.1, -0.05) is 31.4 Å². The summed E-state index contributed by atoms with van der Waals surface area (Å²) in [6, 6.07) is 1.94. The molecule has 0 bridgehead atoms. The second-order valence-electron chi connectivity index (χ2n) is 7.35. The van der Waals surface area contributed by atoms with Crippen LogP contribution in [-0.2, 0) is 6.42 Å². The number of unbranched alkanes of at least 4 members (excludes halogenated alkanes) is 2. The van der Waals surface area contributed by atoms with Crippen molar-refractivity contribution < 1.29 is 14.6 Å². The average molecular weight is 342 g/mol. The van der Waals surface area contributed by atoms with E-state index in [1.807, 2.05) is 18.2 Å². The number of aldehydes is 1. The van der Waals surface area contributed by atoms with Gasteiger partial charge in [0.25, 0.3) is 0 Å². The minimum Gasteiger partial charge on any atom is -0.506 e. The summed E-state index contributed by atoms with van der Waals surface area (Å²) in [5, 5.41) is 10.5. The highest BCUT2D eigenvalue weighted by atomic mass is 16.5. The molecule has 3 nitrogen and oxygen atoms in total. The van der Waals surface area contributed by atoms with Gasteiger partial charge in [0.1, 0.15) is 17.1 Å². The van der Waals surface area contributed by atoms with E-state index in [9.17, 15) is 9.90 Å². The fourth-order valence-electron chi connectivity index (χ4n) is 3.20. The minimum absolute atomic E-state index is 0.0431. The van der Waals surface area contributed by atoms with Crippen molar-refractivity contribution in [1.82, 2.24) is 0 Å². The van der Waals surface area contributed by atoms with Crippen LogP contribution in [0.15, 0.2) is 23.8 Å². The van der Waals surface area contributed by atoms with Gasteiger partial charge < -0.3 is 9.84 Å². The number of allylic oxidation sites excluding steroid dienone is 2. The van der Waals surface area contributed by atoms with Gasteiger partial charge in [-0.15, -0.1) is 0 Å². The van der Waals surface area contributed by atoms with Gasteiger partial charge in [-0.05, 0) is 70.2 Å². The second kappa shape index (κ2) is 8.37. The Labute approximate surface area is 151 Å². The Balaban J connectivity index is 2.28. The van der Waals surface area contributed by atoms with Gasteiger partial charge in [-0.2, -0.15) is 0 Å². The Morgan fingerprint density at radius 3 is 2.72 bits per heavy atom. The van der Waals surface area contributed by atoms with E-state index < -0.39 is 5.60 Å². The predicted octanol–water partition coefficient (Wildman–Crippen LogP) is 5.85. The summed E-state index contributed by atoms with van der Waals surface area (Å²) in [5.74, 6) is 0.721. The molecular formula is C22H30O3. The topological polar surface area (TPSA) is 46.5 Å². The lowest BCUT2D eigenvalue weighted by Gasteiger charge is -2.32. The second-order valence-corrected chi connectivity index (χ2v) is 7.35. The smallest absolute Gasteiger partial charge is 0.154 e. The molecule has 136 valence electrons. The number of phenolic OH excluding ortho intramolecular Hbond substituents is 1.